The molecule has 2 aliphatic carbocycles. The van der Waals surface area contributed by atoms with Crippen LogP contribution in [0.1, 0.15) is 52.9 Å². The van der Waals surface area contributed by atoms with Gasteiger partial charge >= 0.3 is 6.09 Å². The van der Waals surface area contributed by atoms with E-state index in [9.17, 15) is 14.4 Å². The standard InChI is InChI=1S/C22H33N5O4/c1-22(2,3)31-21(30)25-18(17(13-4-5-13)14-6-7-14)20(29)24-16-9-11-27(26-16)12-15-8-10-23-19(15)28/h9,11,13-15,17-18H,4-8,10,12H2,1-3H3,(H,23,28)(H,25,30)(H,24,26,29)/t15?,18-/m0/s1. The molecule has 4 rings (SSSR count). The minimum absolute atomic E-state index is 0.0411. The van der Waals surface area contributed by atoms with Crippen molar-refractivity contribution in [2.24, 2.45) is 23.7 Å². The molecule has 3 aliphatic rings. The topological polar surface area (TPSA) is 114 Å². The number of aromatic nitrogens is 2. The first-order valence-electron chi connectivity index (χ1n) is 11.3. The van der Waals surface area contributed by atoms with E-state index in [-0.39, 0.29) is 23.7 Å². The number of hydrogen-bond acceptors (Lipinski definition) is 5. The van der Waals surface area contributed by atoms with E-state index in [0.717, 1.165) is 32.1 Å². The van der Waals surface area contributed by atoms with E-state index in [1.54, 1.807) is 37.7 Å². The van der Waals surface area contributed by atoms with Gasteiger partial charge in [0.15, 0.2) is 5.82 Å². The van der Waals surface area contributed by atoms with E-state index < -0.39 is 17.7 Å². The molecule has 0 aromatic carbocycles. The van der Waals surface area contributed by atoms with Crippen LogP contribution in [0.5, 0.6) is 0 Å². The number of rotatable bonds is 8. The lowest BCUT2D eigenvalue weighted by atomic mass is 9.89. The molecule has 170 valence electrons. The van der Waals surface area contributed by atoms with E-state index in [2.05, 4.69) is 21.0 Å². The maximum absolute atomic E-state index is 13.2. The third-order valence-electron chi connectivity index (χ3n) is 6.13. The molecule has 3 N–H and O–H groups in total. The summed E-state index contributed by atoms with van der Waals surface area (Å²) in [6, 6.07) is 1.07. The summed E-state index contributed by atoms with van der Waals surface area (Å²) < 4.78 is 7.10. The van der Waals surface area contributed by atoms with Crippen LogP contribution in [0.2, 0.25) is 0 Å². The molecule has 31 heavy (non-hydrogen) atoms. The van der Waals surface area contributed by atoms with Gasteiger partial charge in [0.2, 0.25) is 11.8 Å². The van der Waals surface area contributed by atoms with E-state index in [1.807, 2.05) is 0 Å². The Morgan fingerprint density at radius 3 is 2.45 bits per heavy atom. The summed E-state index contributed by atoms with van der Waals surface area (Å²) in [5.41, 5.74) is -0.634. The molecule has 0 radical (unpaired) electrons. The van der Waals surface area contributed by atoms with Gasteiger partial charge in [-0.15, -0.1) is 0 Å². The van der Waals surface area contributed by atoms with Crippen LogP contribution in [0.15, 0.2) is 12.3 Å². The molecule has 0 spiro atoms. The summed E-state index contributed by atoms with van der Waals surface area (Å²) in [4.78, 5) is 37.5. The highest BCUT2D eigenvalue weighted by Gasteiger charge is 2.48. The Bertz CT molecular complexity index is 825. The number of carbonyl (C=O) groups excluding carboxylic acids is 3. The van der Waals surface area contributed by atoms with Crippen molar-refractivity contribution >= 4 is 23.7 Å². The molecule has 2 saturated carbocycles. The summed E-state index contributed by atoms with van der Waals surface area (Å²) in [7, 11) is 0. The zero-order chi connectivity index (χ0) is 22.2. The summed E-state index contributed by atoms with van der Waals surface area (Å²) in [5.74, 6) is 1.16. The average Bonchev–Trinajstić information content (AvgIpc) is 3.59. The quantitative estimate of drug-likeness (QED) is 0.584. The molecule has 2 atom stereocenters. The van der Waals surface area contributed by atoms with Crippen molar-refractivity contribution in [1.29, 1.82) is 0 Å². The number of carbonyl (C=O) groups is 3. The molecule has 3 fully saturated rings. The van der Waals surface area contributed by atoms with Crippen LogP contribution in [-0.4, -0.2) is 45.9 Å². The van der Waals surface area contributed by atoms with Gasteiger partial charge in [0.25, 0.3) is 0 Å². The van der Waals surface area contributed by atoms with Crippen molar-refractivity contribution < 1.29 is 19.1 Å². The van der Waals surface area contributed by atoms with Gasteiger partial charge < -0.3 is 20.7 Å². The highest BCUT2D eigenvalue weighted by molar-refractivity contribution is 5.96. The van der Waals surface area contributed by atoms with Gasteiger partial charge in [-0.3, -0.25) is 14.3 Å². The average molecular weight is 432 g/mol. The molecule has 1 aliphatic heterocycles. The second-order valence-electron chi connectivity index (χ2n) is 10.1. The van der Waals surface area contributed by atoms with Gasteiger partial charge in [0.05, 0.1) is 12.5 Å². The highest BCUT2D eigenvalue weighted by Crippen LogP contribution is 2.50. The number of amides is 3. The molecule has 1 saturated heterocycles. The first-order valence-corrected chi connectivity index (χ1v) is 11.3. The lowest BCUT2D eigenvalue weighted by Gasteiger charge is -2.28. The van der Waals surface area contributed by atoms with Crippen molar-refractivity contribution in [3.05, 3.63) is 12.3 Å². The Morgan fingerprint density at radius 1 is 1.23 bits per heavy atom. The third-order valence-corrected chi connectivity index (χ3v) is 6.13. The van der Waals surface area contributed by atoms with Crippen molar-refractivity contribution in [3.63, 3.8) is 0 Å². The monoisotopic (exact) mass is 431 g/mol. The van der Waals surface area contributed by atoms with E-state index in [0.29, 0.717) is 30.7 Å². The van der Waals surface area contributed by atoms with Gasteiger partial charge in [-0.05, 0) is 70.6 Å². The number of alkyl carbamates (subject to hydrolysis) is 1. The maximum atomic E-state index is 13.2. The first kappa shape index (κ1) is 21.6. The van der Waals surface area contributed by atoms with Crippen LogP contribution in [0.4, 0.5) is 10.6 Å². The third kappa shape index (κ3) is 5.77. The van der Waals surface area contributed by atoms with Gasteiger partial charge in [-0.1, -0.05) is 0 Å². The second kappa shape index (κ2) is 8.51. The zero-order valence-electron chi connectivity index (χ0n) is 18.5. The molecule has 2 heterocycles. The molecule has 0 bridgehead atoms. The molecular weight excluding hydrogens is 398 g/mol. The van der Waals surface area contributed by atoms with Gasteiger partial charge in [-0.25, -0.2) is 4.79 Å². The molecular formula is C22H33N5O4. The Morgan fingerprint density at radius 2 is 1.90 bits per heavy atom. The normalized spacial score (nSPS) is 22.2. The number of nitrogens with one attached hydrogen (secondary N) is 3. The van der Waals surface area contributed by atoms with Crippen molar-refractivity contribution in [3.8, 4) is 0 Å². The zero-order valence-corrected chi connectivity index (χ0v) is 18.5. The summed E-state index contributed by atoms with van der Waals surface area (Å²) in [6.45, 7) is 6.58. The summed E-state index contributed by atoms with van der Waals surface area (Å²) in [6.07, 6.45) is 6.36. The highest BCUT2D eigenvalue weighted by atomic mass is 16.6. The van der Waals surface area contributed by atoms with Crippen LogP contribution in [-0.2, 0) is 20.9 Å². The van der Waals surface area contributed by atoms with Crippen LogP contribution < -0.4 is 16.0 Å². The SMILES string of the molecule is CC(C)(C)OC(=O)N[C@H](C(=O)Nc1ccn(CC2CCNC2=O)n1)C(C1CC1)C1CC1. The first-order chi connectivity index (χ1) is 14.7. The fraction of sp³-hybridized carbons (Fsp3) is 0.727. The van der Waals surface area contributed by atoms with E-state index in [1.165, 1.54) is 0 Å². The van der Waals surface area contributed by atoms with Crippen molar-refractivity contribution in [2.45, 2.75) is 71.1 Å². The molecule has 1 aromatic rings. The Labute approximate surface area is 182 Å². The van der Waals surface area contributed by atoms with Crippen molar-refractivity contribution in [2.75, 3.05) is 11.9 Å². The van der Waals surface area contributed by atoms with Gasteiger partial charge in [0, 0.05) is 18.8 Å². The second-order valence-corrected chi connectivity index (χ2v) is 10.1. The lowest BCUT2D eigenvalue weighted by Crippen LogP contribution is -2.51. The molecule has 3 amide bonds. The molecule has 1 unspecified atom stereocenters. The fourth-order valence-corrected chi connectivity index (χ4v) is 4.44. The van der Waals surface area contributed by atoms with Gasteiger partial charge in [-0.2, -0.15) is 5.10 Å². The molecule has 9 nitrogen and oxygen atoms in total. The number of ether oxygens (including phenoxy) is 1. The number of anilines is 1. The van der Waals surface area contributed by atoms with Crippen LogP contribution in [0.3, 0.4) is 0 Å². The summed E-state index contributed by atoms with van der Waals surface area (Å²) in [5, 5.41) is 12.9. The largest absolute Gasteiger partial charge is 0.444 e. The minimum Gasteiger partial charge on any atom is -0.444 e. The lowest BCUT2D eigenvalue weighted by molar-refractivity contribution is -0.123. The number of hydrogen-bond donors (Lipinski definition) is 3. The van der Waals surface area contributed by atoms with E-state index >= 15 is 0 Å². The Hall–Kier alpha value is -2.58. The smallest absolute Gasteiger partial charge is 0.408 e. The fourth-order valence-electron chi connectivity index (χ4n) is 4.44. The van der Waals surface area contributed by atoms with Crippen LogP contribution >= 0.6 is 0 Å². The maximum Gasteiger partial charge on any atom is 0.408 e. The molecule has 1 aromatic heterocycles. The van der Waals surface area contributed by atoms with Crippen molar-refractivity contribution in [1.82, 2.24) is 20.4 Å². The van der Waals surface area contributed by atoms with Crippen LogP contribution in [0.25, 0.3) is 0 Å². The van der Waals surface area contributed by atoms with E-state index in [4.69, 9.17) is 4.74 Å². The number of nitrogens with zero attached hydrogens (tertiary/aromatic N) is 2. The Kier molecular flexibility index (Phi) is 5.94. The Balaban J connectivity index is 1.43. The summed E-state index contributed by atoms with van der Waals surface area (Å²) >= 11 is 0. The van der Waals surface area contributed by atoms with Gasteiger partial charge in [0.1, 0.15) is 11.6 Å². The minimum atomic E-state index is -0.652. The van der Waals surface area contributed by atoms with Crippen LogP contribution in [0, 0.1) is 23.7 Å². The molecule has 9 heteroatoms. The predicted molar refractivity (Wildman–Crippen MR) is 114 cm³/mol. The predicted octanol–water partition coefficient (Wildman–Crippen LogP) is 2.29.